The van der Waals surface area contributed by atoms with Crippen LogP contribution in [0.5, 0.6) is 0 Å². The number of phosphoric acid groups is 2. The van der Waals surface area contributed by atoms with Crippen molar-refractivity contribution < 1.29 is 109 Å². The number of carbonyl (C=O) groups is 2. The topological polar surface area (TPSA) is 168 Å². The third-order valence-corrected chi connectivity index (χ3v) is 1.86. The largest absolute Gasteiger partial charge is 1.00 e. The number of hydrogen-bond acceptors (Lipinski definition) is 6. The first-order chi connectivity index (χ1) is 6.99. The van der Waals surface area contributed by atoms with E-state index >= 15 is 0 Å². The normalized spacial score (nSPS) is 10.7. The maximum Gasteiger partial charge on any atom is 1.00 e. The molecule has 0 aromatic carbocycles. The van der Waals surface area contributed by atoms with Crippen molar-refractivity contribution in [3.05, 3.63) is 0 Å². The van der Waals surface area contributed by atoms with Crippen molar-refractivity contribution in [2.45, 2.75) is 12.8 Å². The van der Waals surface area contributed by atoms with Gasteiger partial charge in [-0.1, -0.05) is 0 Å². The van der Waals surface area contributed by atoms with Gasteiger partial charge in [0.05, 0.1) is 12.8 Å². The second kappa shape index (κ2) is 10.0. The zero-order chi connectivity index (χ0) is 13.0. The van der Waals surface area contributed by atoms with Gasteiger partial charge >= 0.3 is 86.7 Å². The quantitative estimate of drug-likeness (QED) is 0.281. The van der Waals surface area contributed by atoms with E-state index in [9.17, 15) is 18.7 Å². The molecule has 0 heterocycles. The van der Waals surface area contributed by atoms with Crippen LogP contribution in [0.1, 0.15) is 15.7 Å². The smallest absolute Gasteiger partial charge is 1.00 e. The van der Waals surface area contributed by atoms with Crippen LogP contribution in [-0.2, 0) is 27.8 Å². The Morgan fingerprint density at radius 2 is 1.06 bits per heavy atom. The summed E-state index contributed by atoms with van der Waals surface area (Å²) in [7, 11) is -9.96. The van der Waals surface area contributed by atoms with E-state index in [2.05, 4.69) is 9.05 Å². The minimum Gasteiger partial charge on any atom is -1.00 e. The van der Waals surface area contributed by atoms with Gasteiger partial charge in [-0.15, -0.1) is 0 Å². The maximum atomic E-state index is 10.6. The van der Waals surface area contributed by atoms with Crippen molar-refractivity contribution in [3.8, 4) is 0 Å². The molecule has 98 valence electrons. The summed E-state index contributed by atoms with van der Waals surface area (Å²) < 4.78 is 27.3. The molecule has 0 aromatic rings. The zero-order valence-corrected chi connectivity index (χ0v) is 15.3. The number of hydrogen-bond donors (Lipinski definition) is 4. The van der Waals surface area contributed by atoms with Gasteiger partial charge < -0.3 is 11.9 Å². The molecule has 0 saturated carbocycles. The van der Waals surface area contributed by atoms with Crippen LogP contribution in [0.15, 0.2) is 0 Å². The van der Waals surface area contributed by atoms with Gasteiger partial charge in [-0.2, -0.15) is 0 Å². The summed E-state index contributed by atoms with van der Waals surface area (Å²) in [5.74, 6) is -2.79. The van der Waals surface area contributed by atoms with Crippen LogP contribution in [0.3, 0.4) is 0 Å². The van der Waals surface area contributed by atoms with Crippen molar-refractivity contribution in [1.29, 1.82) is 0 Å². The van der Waals surface area contributed by atoms with Crippen LogP contribution in [0.4, 0.5) is 0 Å². The van der Waals surface area contributed by atoms with Gasteiger partial charge in [-0.05, 0) is 0 Å². The number of rotatable bonds is 5. The zero-order valence-electron chi connectivity index (χ0n) is 11.5. The van der Waals surface area contributed by atoms with E-state index < -0.39 is 40.4 Å². The third kappa shape index (κ3) is 17.2. The van der Waals surface area contributed by atoms with E-state index in [0.717, 1.165) is 0 Å². The second-order valence-corrected chi connectivity index (χ2v) is 4.74. The molecule has 0 radical (unpaired) electrons. The molecule has 4 N–H and O–H groups in total. The molecule has 0 atom stereocenters. The summed E-state index contributed by atoms with van der Waals surface area (Å²) in [6.07, 6.45) is -1.55. The molecule has 0 aliphatic rings. The Kier molecular flexibility index (Phi) is 13.5. The summed E-state index contributed by atoms with van der Waals surface area (Å²) in [6, 6.07) is 0. The minimum atomic E-state index is -4.98. The summed E-state index contributed by atoms with van der Waals surface area (Å²) in [5.41, 5.74) is 0. The number of carbonyl (C=O) groups excluding carboxylic acids is 2. The van der Waals surface area contributed by atoms with E-state index in [1.807, 2.05) is 0 Å². The first-order valence-corrected chi connectivity index (χ1v) is 6.61. The van der Waals surface area contributed by atoms with E-state index in [1.165, 1.54) is 0 Å². The fourth-order valence-corrected chi connectivity index (χ4v) is 1.27. The molecule has 0 spiro atoms. The summed E-state index contributed by atoms with van der Waals surface area (Å²) in [4.78, 5) is 53.9. The first-order valence-electron chi connectivity index (χ1n) is 3.55. The van der Waals surface area contributed by atoms with Crippen molar-refractivity contribution in [2.75, 3.05) is 0 Å². The molecular weight excluding hydrogens is 316 g/mol. The van der Waals surface area contributed by atoms with Crippen molar-refractivity contribution >= 4 is 27.6 Å². The molecule has 10 nitrogen and oxygen atoms in total. The molecule has 0 unspecified atom stereocenters. The fraction of sp³-hybridized carbons (Fsp3) is 0.500. The average molecular weight is 326 g/mol. The first kappa shape index (κ1) is 24.3. The van der Waals surface area contributed by atoms with E-state index in [4.69, 9.17) is 19.6 Å². The Balaban J connectivity index is -0.000000187. The molecule has 0 aliphatic carbocycles. The van der Waals surface area contributed by atoms with Gasteiger partial charge in [0, 0.05) is 0 Å². The predicted molar refractivity (Wildman–Crippen MR) is 47.7 cm³/mol. The monoisotopic (exact) mass is 326 g/mol. The Morgan fingerprint density at radius 1 is 0.833 bits per heavy atom. The number of phosphoric ester groups is 2. The third-order valence-electron chi connectivity index (χ3n) is 0.975. The molecule has 0 rings (SSSR count). The van der Waals surface area contributed by atoms with Gasteiger partial charge in [0.15, 0.2) is 0 Å². The predicted octanol–water partition coefficient (Wildman–Crippen LogP) is -6.73. The van der Waals surface area contributed by atoms with Crippen LogP contribution in [0.2, 0.25) is 0 Å². The summed E-state index contributed by atoms with van der Waals surface area (Å²) in [6.45, 7) is 0. The Hall–Kier alpha value is 1.24. The Labute approximate surface area is 148 Å². The van der Waals surface area contributed by atoms with E-state index in [-0.39, 0.29) is 62.0 Å². The van der Waals surface area contributed by atoms with Crippen LogP contribution in [0.25, 0.3) is 0 Å². The van der Waals surface area contributed by atoms with Gasteiger partial charge in [-0.3, -0.25) is 29.2 Å². The van der Waals surface area contributed by atoms with E-state index in [0.29, 0.717) is 0 Å². The molecule has 0 fully saturated rings. The summed E-state index contributed by atoms with van der Waals surface area (Å²) in [5, 5.41) is 0. The van der Waals surface area contributed by atoms with E-state index in [1.54, 1.807) is 0 Å². The van der Waals surface area contributed by atoms with Gasteiger partial charge in [0.1, 0.15) is 0 Å². The molecule has 0 bridgehead atoms. The van der Waals surface area contributed by atoms with Gasteiger partial charge in [-0.25, -0.2) is 9.13 Å². The van der Waals surface area contributed by atoms with Crippen molar-refractivity contribution in [1.82, 2.24) is 0 Å². The molecule has 14 heteroatoms. The molecule has 0 amide bonds. The Morgan fingerprint density at radius 3 is 1.22 bits per heavy atom. The van der Waals surface area contributed by atoms with Crippen LogP contribution in [0, 0.1) is 0 Å². The average Bonchev–Trinajstić information content (AvgIpc) is 1.94. The van der Waals surface area contributed by atoms with Gasteiger partial charge in [0.2, 0.25) is 0 Å². The molecule has 0 aliphatic heterocycles. The standard InChI is InChI=1S/C4H8O10P2.2Na.2H/c5-3(13-15(7,8)9)1-2-4(6)14-16(10,11)12;;;;/h1-2H2,(H2,7,8,9)(H2,10,11,12);;;;/q;2*+1;2*-1. The van der Waals surface area contributed by atoms with Crippen LogP contribution >= 0.6 is 15.6 Å². The maximum absolute atomic E-state index is 10.6. The molecule has 0 saturated heterocycles. The molecule has 18 heavy (non-hydrogen) atoms. The molecule has 0 aromatic heterocycles. The van der Waals surface area contributed by atoms with Crippen LogP contribution in [-0.4, -0.2) is 31.5 Å². The second-order valence-electron chi connectivity index (χ2n) is 2.41. The SMILES string of the molecule is O=C(CCC(=O)OP(=O)(O)O)OP(=O)(O)O.[H-].[H-].[Na+].[Na+]. The minimum absolute atomic E-state index is 0. The molecular formula is C4H10Na2O10P2. The van der Waals surface area contributed by atoms with Crippen molar-refractivity contribution in [2.24, 2.45) is 0 Å². The Bertz CT molecular complexity index is 343. The van der Waals surface area contributed by atoms with Crippen molar-refractivity contribution in [3.63, 3.8) is 0 Å². The van der Waals surface area contributed by atoms with Gasteiger partial charge in [0.25, 0.3) is 0 Å². The van der Waals surface area contributed by atoms with Crippen LogP contribution < -0.4 is 59.1 Å². The summed E-state index contributed by atoms with van der Waals surface area (Å²) >= 11 is 0. The fourth-order valence-electron chi connectivity index (χ4n) is 0.561.